The van der Waals surface area contributed by atoms with Gasteiger partial charge in [-0.2, -0.15) is 0 Å². The molecule has 0 aromatic heterocycles. The monoisotopic (exact) mass is 947 g/mol. The molecular weight excluding hydrogens is 879 g/mol. The van der Waals surface area contributed by atoms with Crippen molar-refractivity contribution in [3.63, 3.8) is 0 Å². The zero-order chi connectivity index (χ0) is 49.9. The molecule has 3 amide bonds. The molecule has 374 valence electrons. The van der Waals surface area contributed by atoms with Crippen LogP contribution >= 0.6 is 0 Å². The van der Waals surface area contributed by atoms with E-state index < -0.39 is 90.1 Å². The number of alkyl carbamates (subject to hydrolysis) is 1. The first kappa shape index (κ1) is 55.8. The van der Waals surface area contributed by atoms with Crippen molar-refractivity contribution >= 4 is 41.8 Å². The van der Waals surface area contributed by atoms with Crippen molar-refractivity contribution in [2.24, 2.45) is 5.92 Å². The minimum absolute atomic E-state index is 0.118. The summed E-state index contributed by atoms with van der Waals surface area (Å²) in [5.74, 6) is -3.89. The highest BCUT2D eigenvalue weighted by molar-refractivity contribution is 5.95. The first-order valence-corrected chi connectivity index (χ1v) is 22.2. The van der Waals surface area contributed by atoms with Gasteiger partial charge in [0.1, 0.15) is 30.2 Å². The number of hydrogen-bond acceptors (Lipinski definition) is 17. The largest absolute Gasteiger partial charge is 0.491 e. The standard InChI is InChI=1S/C47H69N3O17/c1-12-16-47(44(56)58-11)23-36(63-30(5)51)38(50-45(57)67-46(8,9)10)41(66-47)40(65-32(7)53)37(64-31(6)52)24-48-42(54)34-21-28(3)39(29(4)22-34)62-20-19-61-27-35(26-59-17-13-2)49-43(55)33-15-14-18-60-25-33/h12-13,21-22,33,35-38,40-41H,1-2,14-20,23-27H2,3-11H3,(H,48,54)(H,49,55)(H,50,57)/t33?,35-,36+,37-,38-,40-,41-,47-/m1/s1. The van der Waals surface area contributed by atoms with Crippen LogP contribution in [-0.4, -0.2) is 149 Å². The predicted octanol–water partition coefficient (Wildman–Crippen LogP) is 3.51. The fraction of sp³-hybridized carbons (Fsp3) is 0.638. The number of carbonyl (C=O) groups is 7. The minimum Gasteiger partial charge on any atom is -0.491 e. The van der Waals surface area contributed by atoms with Crippen molar-refractivity contribution < 1.29 is 80.9 Å². The van der Waals surface area contributed by atoms with Crippen molar-refractivity contribution in [1.82, 2.24) is 16.0 Å². The molecule has 8 atom stereocenters. The van der Waals surface area contributed by atoms with Crippen LogP contribution in [-0.2, 0) is 66.6 Å². The summed E-state index contributed by atoms with van der Waals surface area (Å²) in [6.07, 6.45) is -3.12. The van der Waals surface area contributed by atoms with E-state index in [9.17, 15) is 33.6 Å². The number of nitrogens with one attached hydrogen (secondary N) is 3. The molecule has 1 unspecified atom stereocenters. The maximum atomic E-state index is 13.8. The number of ether oxygens (including phenoxy) is 10. The summed E-state index contributed by atoms with van der Waals surface area (Å²) in [6.45, 7) is 20.6. The van der Waals surface area contributed by atoms with Gasteiger partial charge < -0.3 is 63.3 Å². The van der Waals surface area contributed by atoms with Gasteiger partial charge in [0.2, 0.25) is 5.91 Å². The normalized spacial score (nSPS) is 21.7. The summed E-state index contributed by atoms with van der Waals surface area (Å²) >= 11 is 0. The van der Waals surface area contributed by atoms with Gasteiger partial charge in [0, 0.05) is 45.8 Å². The summed E-state index contributed by atoms with van der Waals surface area (Å²) in [5.41, 5.74) is -1.47. The third-order valence-corrected chi connectivity index (χ3v) is 10.4. The molecular formula is C47H69N3O17. The fourth-order valence-corrected chi connectivity index (χ4v) is 7.74. The van der Waals surface area contributed by atoms with E-state index in [4.69, 9.17) is 47.4 Å². The molecule has 1 aromatic rings. The maximum absolute atomic E-state index is 13.8. The van der Waals surface area contributed by atoms with Gasteiger partial charge in [-0.3, -0.25) is 24.0 Å². The Bertz CT molecular complexity index is 1870. The molecule has 1 aromatic carbocycles. The quantitative estimate of drug-likeness (QED) is 0.0581. The smallest absolute Gasteiger partial charge is 0.408 e. The fourth-order valence-electron chi connectivity index (χ4n) is 7.74. The topological polar surface area (TPSA) is 248 Å². The van der Waals surface area contributed by atoms with Gasteiger partial charge in [0.15, 0.2) is 17.8 Å². The summed E-state index contributed by atoms with van der Waals surface area (Å²) in [4.78, 5) is 91.5. The molecule has 0 bridgehead atoms. The van der Waals surface area contributed by atoms with Crippen LogP contribution in [0.5, 0.6) is 5.75 Å². The Kier molecular flexibility index (Phi) is 22.2. The van der Waals surface area contributed by atoms with E-state index in [1.54, 1.807) is 52.8 Å². The Hall–Kier alpha value is -5.57. The number of benzene rings is 1. The highest BCUT2D eigenvalue weighted by atomic mass is 16.6. The Morgan fingerprint density at radius 1 is 0.925 bits per heavy atom. The third-order valence-electron chi connectivity index (χ3n) is 10.4. The molecule has 3 rings (SSSR count). The van der Waals surface area contributed by atoms with Crippen LogP contribution < -0.4 is 20.7 Å². The van der Waals surface area contributed by atoms with Crippen LogP contribution in [0.3, 0.4) is 0 Å². The number of aryl methyl sites for hydroxylation is 2. The Morgan fingerprint density at radius 3 is 2.16 bits per heavy atom. The van der Waals surface area contributed by atoms with Gasteiger partial charge in [-0.25, -0.2) is 9.59 Å². The van der Waals surface area contributed by atoms with E-state index in [2.05, 4.69) is 29.1 Å². The van der Waals surface area contributed by atoms with Crippen LogP contribution in [0.1, 0.15) is 88.7 Å². The zero-order valence-electron chi connectivity index (χ0n) is 40.2. The molecule has 2 aliphatic heterocycles. The highest BCUT2D eigenvalue weighted by Crippen LogP contribution is 2.38. The first-order chi connectivity index (χ1) is 31.6. The molecule has 20 nitrogen and oxygen atoms in total. The lowest BCUT2D eigenvalue weighted by molar-refractivity contribution is -0.238. The number of hydrogen-bond donors (Lipinski definition) is 3. The second-order valence-corrected chi connectivity index (χ2v) is 17.3. The molecule has 3 N–H and O–H groups in total. The van der Waals surface area contributed by atoms with Crippen LogP contribution in [0.4, 0.5) is 4.79 Å². The van der Waals surface area contributed by atoms with Crippen molar-refractivity contribution in [1.29, 1.82) is 0 Å². The summed E-state index contributed by atoms with van der Waals surface area (Å²) in [7, 11) is 1.12. The Balaban J connectivity index is 1.85. The molecule has 0 saturated carbocycles. The second-order valence-electron chi connectivity index (χ2n) is 17.3. The third kappa shape index (κ3) is 17.9. The second kappa shape index (κ2) is 26.7. The minimum atomic E-state index is -1.91. The van der Waals surface area contributed by atoms with E-state index in [0.717, 1.165) is 40.7 Å². The predicted molar refractivity (Wildman–Crippen MR) is 240 cm³/mol. The number of methoxy groups -OCH3 is 1. The molecule has 2 saturated heterocycles. The van der Waals surface area contributed by atoms with Crippen molar-refractivity contribution in [2.45, 2.75) is 129 Å². The van der Waals surface area contributed by atoms with Gasteiger partial charge in [-0.15, -0.1) is 13.2 Å². The lowest BCUT2D eigenvalue weighted by Gasteiger charge is -2.49. The summed E-state index contributed by atoms with van der Waals surface area (Å²) < 4.78 is 57.1. The van der Waals surface area contributed by atoms with Crippen LogP contribution in [0.25, 0.3) is 0 Å². The average Bonchev–Trinajstić information content (AvgIpc) is 3.24. The number of rotatable bonds is 24. The van der Waals surface area contributed by atoms with Crippen molar-refractivity contribution in [2.75, 3.05) is 59.9 Å². The first-order valence-electron chi connectivity index (χ1n) is 22.2. The Labute approximate surface area is 392 Å². The van der Waals surface area contributed by atoms with Gasteiger partial charge in [0.05, 0.1) is 64.7 Å². The van der Waals surface area contributed by atoms with Crippen molar-refractivity contribution in [3.05, 3.63) is 54.1 Å². The summed E-state index contributed by atoms with van der Waals surface area (Å²) in [5, 5.41) is 8.35. The average molecular weight is 948 g/mol. The van der Waals surface area contributed by atoms with E-state index in [0.29, 0.717) is 36.7 Å². The van der Waals surface area contributed by atoms with Gasteiger partial charge in [0.25, 0.3) is 5.91 Å². The summed E-state index contributed by atoms with van der Waals surface area (Å²) in [6, 6.07) is 1.38. The van der Waals surface area contributed by atoms with E-state index in [1.165, 1.54) is 6.08 Å². The molecule has 0 aliphatic carbocycles. The molecule has 2 heterocycles. The number of amides is 3. The molecule has 2 aliphatic rings. The molecule has 20 heteroatoms. The molecule has 0 radical (unpaired) electrons. The molecule has 0 spiro atoms. The van der Waals surface area contributed by atoms with E-state index in [1.807, 2.05) is 0 Å². The van der Waals surface area contributed by atoms with Crippen LogP contribution in [0.2, 0.25) is 0 Å². The van der Waals surface area contributed by atoms with Crippen molar-refractivity contribution in [3.8, 4) is 5.75 Å². The number of esters is 4. The van der Waals surface area contributed by atoms with Gasteiger partial charge >= 0.3 is 30.0 Å². The number of carbonyl (C=O) groups excluding carboxylic acids is 7. The zero-order valence-corrected chi connectivity index (χ0v) is 40.2. The lowest BCUT2D eigenvalue weighted by atomic mass is 9.81. The van der Waals surface area contributed by atoms with Crippen LogP contribution in [0, 0.1) is 19.8 Å². The highest BCUT2D eigenvalue weighted by Gasteiger charge is 2.58. The SMILES string of the molecule is C=CCOC[C@H](COCCOc1c(C)cc(C(=O)NC[C@@H](OC(C)=O)[C@@H](OC(C)=O)[C@@H]2O[C@@](CC=C)(C(=O)OC)C[C@H](OC(C)=O)[C@H]2NC(=O)OC(C)(C)C)cc1C)NC(=O)C1CCCOC1. The van der Waals surface area contributed by atoms with Gasteiger partial charge in [-0.05, 0) is 70.7 Å². The Morgan fingerprint density at radius 2 is 1.60 bits per heavy atom. The lowest BCUT2D eigenvalue weighted by Crippen LogP contribution is -2.69. The molecule has 67 heavy (non-hydrogen) atoms. The van der Waals surface area contributed by atoms with E-state index in [-0.39, 0.29) is 56.7 Å². The van der Waals surface area contributed by atoms with Crippen LogP contribution in [0.15, 0.2) is 37.4 Å². The van der Waals surface area contributed by atoms with Gasteiger partial charge in [-0.1, -0.05) is 12.2 Å². The van der Waals surface area contributed by atoms with E-state index >= 15 is 0 Å². The molecule has 2 fully saturated rings. The maximum Gasteiger partial charge on any atom is 0.408 e.